The van der Waals surface area contributed by atoms with E-state index in [0.29, 0.717) is 35.7 Å². The summed E-state index contributed by atoms with van der Waals surface area (Å²) in [6, 6.07) is 13.2. The molecule has 0 saturated heterocycles. The highest BCUT2D eigenvalue weighted by molar-refractivity contribution is 8.00. The van der Waals surface area contributed by atoms with Gasteiger partial charge in [-0.3, -0.25) is 4.84 Å². The highest BCUT2D eigenvalue weighted by Gasteiger charge is 2.35. The van der Waals surface area contributed by atoms with Gasteiger partial charge in [-0.1, -0.05) is 30.3 Å². The van der Waals surface area contributed by atoms with Crippen molar-refractivity contribution < 1.29 is 27.1 Å². The normalized spacial score (nSPS) is 12.1. The van der Waals surface area contributed by atoms with Crippen LogP contribution >= 0.6 is 11.9 Å². The number of benzene rings is 1. The first-order valence-electron chi connectivity index (χ1n) is 11.2. The van der Waals surface area contributed by atoms with Crippen LogP contribution < -0.4 is 10.2 Å². The Kier molecular flexibility index (Phi) is 9.66. The van der Waals surface area contributed by atoms with Crippen LogP contribution in [0.1, 0.15) is 38.3 Å². The van der Waals surface area contributed by atoms with Crippen molar-refractivity contribution in [3.05, 3.63) is 71.7 Å². The molecule has 0 fully saturated rings. The predicted octanol–water partition coefficient (Wildman–Crippen LogP) is 6.65. The van der Waals surface area contributed by atoms with Crippen LogP contribution in [0.15, 0.2) is 59.6 Å². The van der Waals surface area contributed by atoms with Gasteiger partial charge < -0.3 is 9.46 Å². The quantitative estimate of drug-likeness (QED) is 0.0957. The number of hydrogen-bond acceptors (Lipinski definition) is 7. The number of hydrogen-bond donors (Lipinski definition) is 2. The number of rotatable bonds is 11. The third-order valence-electron chi connectivity index (χ3n) is 4.63. The van der Waals surface area contributed by atoms with Crippen molar-refractivity contribution in [1.82, 2.24) is 15.4 Å². The maximum Gasteiger partial charge on any atom is 0.418 e. The number of anilines is 1. The molecule has 0 saturated carbocycles. The van der Waals surface area contributed by atoms with Crippen LogP contribution in [-0.2, 0) is 22.4 Å². The Hall–Kier alpha value is -2.73. The minimum absolute atomic E-state index is 0.120. The summed E-state index contributed by atoms with van der Waals surface area (Å²) in [5.74, 6) is -0.482. The second-order valence-electron chi connectivity index (χ2n) is 8.77. The van der Waals surface area contributed by atoms with E-state index in [9.17, 15) is 17.6 Å². The number of nitrogens with one attached hydrogen (secondary N) is 2. The van der Waals surface area contributed by atoms with Crippen molar-refractivity contribution in [2.45, 2.75) is 50.6 Å². The van der Waals surface area contributed by atoms with E-state index in [-0.39, 0.29) is 23.7 Å². The number of halogens is 4. The second kappa shape index (κ2) is 12.5. The fraction of sp³-hybridized carbons (Fsp3) is 0.360. The molecule has 0 bridgehead atoms. The SMILES string of the molecule is CC(C)(C)ONCCCOCc1ccccc1-c1nc(NSc2cccc(F)n2)ccc1C(F)(F)F. The second-order valence-corrected chi connectivity index (χ2v) is 9.59. The molecule has 2 aromatic heterocycles. The molecule has 0 aliphatic heterocycles. The van der Waals surface area contributed by atoms with Gasteiger partial charge in [0.2, 0.25) is 5.95 Å². The Morgan fingerprint density at radius 2 is 1.72 bits per heavy atom. The molecule has 1 aromatic carbocycles. The van der Waals surface area contributed by atoms with Gasteiger partial charge in [0.05, 0.1) is 23.5 Å². The van der Waals surface area contributed by atoms with Crippen LogP contribution in [0, 0.1) is 5.95 Å². The van der Waals surface area contributed by atoms with E-state index < -0.39 is 17.7 Å². The van der Waals surface area contributed by atoms with E-state index in [0.717, 1.165) is 18.0 Å². The highest BCUT2D eigenvalue weighted by atomic mass is 32.2. The molecule has 0 spiro atoms. The van der Waals surface area contributed by atoms with Gasteiger partial charge in [0.1, 0.15) is 10.8 Å². The summed E-state index contributed by atoms with van der Waals surface area (Å²) in [5, 5.41) is 0.314. The lowest BCUT2D eigenvalue weighted by Gasteiger charge is -2.19. The molecule has 0 atom stereocenters. The molecule has 11 heteroatoms. The van der Waals surface area contributed by atoms with Gasteiger partial charge in [-0.15, -0.1) is 0 Å². The molecule has 194 valence electrons. The number of hydroxylamine groups is 1. The molecule has 0 amide bonds. The first kappa shape index (κ1) is 27.9. The smallest absolute Gasteiger partial charge is 0.377 e. The molecule has 0 unspecified atom stereocenters. The molecular weight excluding hydrogens is 496 g/mol. The van der Waals surface area contributed by atoms with Gasteiger partial charge in [-0.05, 0) is 57.0 Å². The van der Waals surface area contributed by atoms with Crippen molar-refractivity contribution in [2.24, 2.45) is 0 Å². The molecule has 0 aliphatic carbocycles. The maximum atomic E-state index is 13.8. The van der Waals surface area contributed by atoms with E-state index >= 15 is 0 Å². The van der Waals surface area contributed by atoms with Crippen LogP contribution in [0.4, 0.5) is 23.4 Å². The average molecular weight is 525 g/mol. The van der Waals surface area contributed by atoms with E-state index in [4.69, 9.17) is 9.57 Å². The molecule has 6 nitrogen and oxygen atoms in total. The maximum absolute atomic E-state index is 13.8. The molecular formula is C25H28F4N4O2S. The molecule has 36 heavy (non-hydrogen) atoms. The van der Waals surface area contributed by atoms with Gasteiger partial charge in [0.25, 0.3) is 0 Å². The number of pyridine rings is 2. The standard InChI is InChI=1S/C25H28F4N4O2S/c1-24(2,3)35-30-14-7-15-34-16-17-8-4-5-9-18(17)23-19(25(27,28)29)12-13-21(32-23)33-36-22-11-6-10-20(26)31-22/h4-6,8-13,30H,7,14-16H2,1-3H3,(H,32,33). The topological polar surface area (TPSA) is 68.3 Å². The summed E-state index contributed by atoms with van der Waals surface area (Å²) in [4.78, 5) is 13.4. The summed E-state index contributed by atoms with van der Waals surface area (Å²) >= 11 is 0.948. The minimum Gasteiger partial charge on any atom is -0.377 e. The third-order valence-corrected chi connectivity index (χ3v) is 5.37. The lowest BCUT2D eigenvalue weighted by Crippen LogP contribution is -2.30. The summed E-state index contributed by atoms with van der Waals surface area (Å²) in [6.07, 6.45) is -3.94. The highest BCUT2D eigenvalue weighted by Crippen LogP contribution is 2.38. The van der Waals surface area contributed by atoms with Crippen LogP contribution in [0.5, 0.6) is 0 Å². The largest absolute Gasteiger partial charge is 0.418 e. The van der Waals surface area contributed by atoms with Crippen molar-refractivity contribution >= 4 is 17.8 Å². The van der Waals surface area contributed by atoms with E-state index in [2.05, 4.69) is 20.2 Å². The molecule has 0 radical (unpaired) electrons. The summed E-state index contributed by atoms with van der Waals surface area (Å²) in [7, 11) is 0. The molecule has 2 N–H and O–H groups in total. The van der Waals surface area contributed by atoms with Crippen LogP contribution in [0.25, 0.3) is 11.3 Å². The number of nitrogens with zero attached hydrogens (tertiary/aromatic N) is 2. The van der Waals surface area contributed by atoms with Crippen molar-refractivity contribution in [1.29, 1.82) is 0 Å². The molecule has 0 aliphatic rings. The minimum atomic E-state index is -4.61. The van der Waals surface area contributed by atoms with Crippen molar-refractivity contribution in [2.75, 3.05) is 17.9 Å². The van der Waals surface area contributed by atoms with Crippen LogP contribution in [0.3, 0.4) is 0 Å². The first-order chi connectivity index (χ1) is 17.0. The zero-order valence-electron chi connectivity index (χ0n) is 20.2. The number of aromatic nitrogens is 2. The van der Waals surface area contributed by atoms with Gasteiger partial charge in [-0.25, -0.2) is 15.4 Å². The Labute approximate surface area is 211 Å². The molecule has 3 aromatic rings. The van der Waals surface area contributed by atoms with Crippen molar-refractivity contribution in [3.63, 3.8) is 0 Å². The van der Waals surface area contributed by atoms with Crippen molar-refractivity contribution in [3.8, 4) is 11.3 Å². The first-order valence-corrected chi connectivity index (χ1v) is 12.0. The summed E-state index contributed by atoms with van der Waals surface area (Å²) in [5.41, 5.74) is 2.37. The van der Waals surface area contributed by atoms with Gasteiger partial charge in [0, 0.05) is 30.7 Å². The van der Waals surface area contributed by atoms with Crippen LogP contribution in [0.2, 0.25) is 0 Å². The zero-order valence-corrected chi connectivity index (χ0v) is 21.0. The zero-order chi connectivity index (χ0) is 26.2. The van der Waals surface area contributed by atoms with E-state index in [1.54, 1.807) is 30.3 Å². The molecule has 3 rings (SSSR count). The monoisotopic (exact) mass is 524 g/mol. The Morgan fingerprint density at radius 1 is 0.944 bits per heavy atom. The number of alkyl halides is 3. The van der Waals surface area contributed by atoms with E-state index in [1.165, 1.54) is 18.2 Å². The van der Waals surface area contributed by atoms with E-state index in [1.807, 2.05) is 20.8 Å². The Balaban J connectivity index is 1.73. The lowest BCUT2D eigenvalue weighted by molar-refractivity contribution is -0.137. The average Bonchev–Trinajstić information content (AvgIpc) is 2.81. The number of ether oxygens (including phenoxy) is 1. The third kappa shape index (κ3) is 8.74. The Morgan fingerprint density at radius 3 is 2.44 bits per heavy atom. The Bertz CT molecular complexity index is 1140. The van der Waals surface area contributed by atoms with Gasteiger partial charge in [-0.2, -0.15) is 17.6 Å². The lowest BCUT2D eigenvalue weighted by atomic mass is 10.00. The van der Waals surface area contributed by atoms with Gasteiger partial charge >= 0.3 is 6.18 Å². The molecule has 2 heterocycles. The summed E-state index contributed by atoms with van der Waals surface area (Å²) in [6.45, 7) is 6.88. The summed E-state index contributed by atoms with van der Waals surface area (Å²) < 4.78 is 63.4. The fourth-order valence-corrected chi connectivity index (χ4v) is 3.68. The van der Waals surface area contributed by atoms with Crippen LogP contribution in [-0.4, -0.2) is 28.7 Å². The predicted molar refractivity (Wildman–Crippen MR) is 131 cm³/mol. The van der Waals surface area contributed by atoms with Gasteiger partial charge in [0.15, 0.2) is 0 Å². The fourth-order valence-electron chi connectivity index (χ4n) is 3.07.